The van der Waals surface area contributed by atoms with E-state index in [0.29, 0.717) is 12.5 Å². The SMILES string of the molecule is Cc1nc(NCc2cccnc2)cc(Nc2ccc(C(C)C)cc2)n1. The van der Waals surface area contributed by atoms with Crippen molar-refractivity contribution in [2.24, 2.45) is 0 Å². The number of benzene rings is 1. The molecule has 0 amide bonds. The molecule has 0 saturated carbocycles. The number of rotatable bonds is 6. The van der Waals surface area contributed by atoms with E-state index in [0.717, 1.165) is 28.7 Å². The van der Waals surface area contributed by atoms with E-state index in [4.69, 9.17) is 0 Å². The first kappa shape index (κ1) is 16.9. The molecule has 1 aromatic carbocycles. The van der Waals surface area contributed by atoms with Crippen molar-refractivity contribution in [3.8, 4) is 0 Å². The molecule has 0 bridgehead atoms. The van der Waals surface area contributed by atoms with Crippen molar-refractivity contribution in [1.29, 1.82) is 0 Å². The number of pyridine rings is 1. The van der Waals surface area contributed by atoms with Gasteiger partial charge in [-0.2, -0.15) is 0 Å². The Morgan fingerprint density at radius 2 is 1.76 bits per heavy atom. The van der Waals surface area contributed by atoms with E-state index < -0.39 is 0 Å². The van der Waals surface area contributed by atoms with E-state index in [-0.39, 0.29) is 0 Å². The van der Waals surface area contributed by atoms with Gasteiger partial charge >= 0.3 is 0 Å². The number of aryl methyl sites for hydroxylation is 1. The van der Waals surface area contributed by atoms with Gasteiger partial charge in [-0.3, -0.25) is 4.98 Å². The maximum atomic E-state index is 4.47. The minimum absolute atomic E-state index is 0.527. The van der Waals surface area contributed by atoms with Gasteiger partial charge in [-0.1, -0.05) is 32.0 Å². The van der Waals surface area contributed by atoms with Crippen LogP contribution in [-0.4, -0.2) is 15.0 Å². The standard InChI is InChI=1S/C20H23N5/c1-14(2)17-6-8-18(9-7-17)25-20-11-19(23-15(3)24-20)22-13-16-5-4-10-21-12-16/h4-12,14H,13H2,1-3H3,(H2,22,23,24,25). The van der Waals surface area contributed by atoms with Gasteiger partial charge in [-0.15, -0.1) is 0 Å². The fraction of sp³-hybridized carbons (Fsp3) is 0.250. The molecule has 0 saturated heterocycles. The zero-order valence-corrected chi connectivity index (χ0v) is 14.8. The summed E-state index contributed by atoms with van der Waals surface area (Å²) in [5.41, 5.74) is 3.45. The van der Waals surface area contributed by atoms with Crippen LogP contribution in [0.5, 0.6) is 0 Å². The molecule has 2 N–H and O–H groups in total. The Labute approximate surface area is 148 Å². The van der Waals surface area contributed by atoms with Gasteiger partial charge in [0.1, 0.15) is 17.5 Å². The second-order valence-corrected chi connectivity index (χ2v) is 6.30. The van der Waals surface area contributed by atoms with Gasteiger partial charge in [0.05, 0.1) is 0 Å². The Hall–Kier alpha value is -2.95. The highest BCUT2D eigenvalue weighted by atomic mass is 15.1. The number of anilines is 3. The van der Waals surface area contributed by atoms with E-state index >= 15 is 0 Å². The van der Waals surface area contributed by atoms with Crippen LogP contribution in [0, 0.1) is 6.92 Å². The van der Waals surface area contributed by atoms with Crippen LogP contribution in [0.3, 0.4) is 0 Å². The molecule has 5 nitrogen and oxygen atoms in total. The predicted molar refractivity (Wildman–Crippen MR) is 102 cm³/mol. The summed E-state index contributed by atoms with van der Waals surface area (Å²) in [6.45, 7) is 6.95. The molecule has 0 spiro atoms. The van der Waals surface area contributed by atoms with Gasteiger partial charge in [0, 0.05) is 30.7 Å². The van der Waals surface area contributed by atoms with Crippen LogP contribution in [0.4, 0.5) is 17.3 Å². The second-order valence-electron chi connectivity index (χ2n) is 6.30. The minimum Gasteiger partial charge on any atom is -0.366 e. The molecule has 0 atom stereocenters. The number of hydrogen-bond donors (Lipinski definition) is 2. The third-order valence-electron chi connectivity index (χ3n) is 3.88. The number of nitrogens with zero attached hydrogens (tertiary/aromatic N) is 3. The maximum Gasteiger partial charge on any atom is 0.136 e. The molecule has 2 aromatic heterocycles. The normalized spacial score (nSPS) is 10.7. The highest BCUT2D eigenvalue weighted by molar-refractivity contribution is 5.59. The topological polar surface area (TPSA) is 62.7 Å². The van der Waals surface area contributed by atoms with Crippen molar-refractivity contribution in [2.75, 3.05) is 10.6 Å². The van der Waals surface area contributed by atoms with Crippen molar-refractivity contribution in [3.63, 3.8) is 0 Å². The molecule has 0 unspecified atom stereocenters. The van der Waals surface area contributed by atoms with Gasteiger partial charge in [-0.25, -0.2) is 9.97 Å². The first-order chi connectivity index (χ1) is 12.1. The van der Waals surface area contributed by atoms with Gasteiger partial charge in [0.25, 0.3) is 0 Å². The maximum absolute atomic E-state index is 4.47. The van der Waals surface area contributed by atoms with E-state index in [1.165, 1.54) is 5.56 Å². The van der Waals surface area contributed by atoms with E-state index in [2.05, 4.69) is 63.7 Å². The van der Waals surface area contributed by atoms with Gasteiger partial charge in [-0.05, 0) is 42.2 Å². The lowest BCUT2D eigenvalue weighted by molar-refractivity contribution is 0.867. The second kappa shape index (κ2) is 7.75. The quantitative estimate of drug-likeness (QED) is 0.687. The van der Waals surface area contributed by atoms with Crippen LogP contribution in [-0.2, 0) is 6.54 Å². The molecular formula is C20H23N5. The lowest BCUT2D eigenvalue weighted by Crippen LogP contribution is -2.05. The number of nitrogens with one attached hydrogen (secondary N) is 2. The summed E-state index contributed by atoms with van der Waals surface area (Å²) >= 11 is 0. The van der Waals surface area contributed by atoms with Crippen molar-refractivity contribution in [3.05, 3.63) is 71.8 Å². The first-order valence-electron chi connectivity index (χ1n) is 8.45. The van der Waals surface area contributed by atoms with Crippen molar-refractivity contribution < 1.29 is 0 Å². The van der Waals surface area contributed by atoms with Gasteiger partial charge in [0.2, 0.25) is 0 Å². The highest BCUT2D eigenvalue weighted by Gasteiger charge is 2.04. The van der Waals surface area contributed by atoms with Crippen LogP contribution >= 0.6 is 0 Å². The molecule has 0 aliphatic heterocycles. The summed E-state index contributed by atoms with van der Waals surface area (Å²) < 4.78 is 0. The molecule has 5 heteroatoms. The van der Waals surface area contributed by atoms with Crippen LogP contribution in [0.15, 0.2) is 54.9 Å². The van der Waals surface area contributed by atoms with E-state index in [9.17, 15) is 0 Å². The number of aromatic nitrogens is 3. The molecule has 0 aliphatic carbocycles. The molecule has 3 aromatic rings. The summed E-state index contributed by atoms with van der Waals surface area (Å²) in [5, 5.41) is 6.67. The summed E-state index contributed by atoms with van der Waals surface area (Å²) in [7, 11) is 0. The van der Waals surface area contributed by atoms with Crippen LogP contribution < -0.4 is 10.6 Å². The Balaban J connectivity index is 1.70. The summed E-state index contributed by atoms with van der Waals surface area (Å²) in [6, 6.07) is 14.3. The largest absolute Gasteiger partial charge is 0.366 e. The molecule has 0 fully saturated rings. The molecular weight excluding hydrogens is 310 g/mol. The van der Waals surface area contributed by atoms with Crippen LogP contribution in [0.25, 0.3) is 0 Å². The lowest BCUT2D eigenvalue weighted by Gasteiger charge is -2.11. The fourth-order valence-electron chi connectivity index (χ4n) is 2.52. The van der Waals surface area contributed by atoms with Crippen molar-refractivity contribution in [1.82, 2.24) is 15.0 Å². The summed E-state index contributed by atoms with van der Waals surface area (Å²) in [6.07, 6.45) is 3.61. The molecule has 128 valence electrons. The zero-order chi connectivity index (χ0) is 17.6. The average Bonchev–Trinajstić information content (AvgIpc) is 2.61. The molecule has 25 heavy (non-hydrogen) atoms. The Kier molecular flexibility index (Phi) is 5.23. The monoisotopic (exact) mass is 333 g/mol. The Morgan fingerprint density at radius 1 is 1.00 bits per heavy atom. The average molecular weight is 333 g/mol. The van der Waals surface area contributed by atoms with Crippen molar-refractivity contribution in [2.45, 2.75) is 33.2 Å². The third-order valence-corrected chi connectivity index (χ3v) is 3.88. The van der Waals surface area contributed by atoms with E-state index in [1.54, 1.807) is 6.20 Å². The van der Waals surface area contributed by atoms with Crippen LogP contribution in [0.1, 0.15) is 36.7 Å². The van der Waals surface area contributed by atoms with E-state index in [1.807, 2.05) is 31.3 Å². The molecule has 0 aliphatic rings. The first-order valence-corrected chi connectivity index (χ1v) is 8.45. The Morgan fingerprint density at radius 3 is 2.44 bits per heavy atom. The minimum atomic E-state index is 0.527. The molecule has 0 radical (unpaired) electrons. The fourth-order valence-corrected chi connectivity index (χ4v) is 2.52. The smallest absolute Gasteiger partial charge is 0.136 e. The predicted octanol–water partition coefficient (Wildman–Crippen LogP) is 4.66. The van der Waals surface area contributed by atoms with Gasteiger partial charge in [0.15, 0.2) is 0 Å². The summed E-state index contributed by atoms with van der Waals surface area (Å²) in [5.74, 6) is 2.81. The third kappa shape index (κ3) is 4.76. The lowest BCUT2D eigenvalue weighted by atomic mass is 10.0. The Bertz CT molecular complexity index is 813. The van der Waals surface area contributed by atoms with Gasteiger partial charge < -0.3 is 10.6 Å². The van der Waals surface area contributed by atoms with Crippen molar-refractivity contribution >= 4 is 17.3 Å². The molecule has 3 rings (SSSR count). The highest BCUT2D eigenvalue weighted by Crippen LogP contribution is 2.21. The van der Waals surface area contributed by atoms with Crippen LogP contribution in [0.2, 0.25) is 0 Å². The summed E-state index contributed by atoms with van der Waals surface area (Å²) in [4.78, 5) is 13.0. The zero-order valence-electron chi connectivity index (χ0n) is 14.8. The number of hydrogen-bond acceptors (Lipinski definition) is 5. The molecule has 2 heterocycles.